The summed E-state index contributed by atoms with van der Waals surface area (Å²) < 4.78 is 2.72. The van der Waals surface area contributed by atoms with E-state index in [1.807, 2.05) is 11.3 Å². The highest BCUT2D eigenvalue weighted by molar-refractivity contribution is 7.33. The van der Waals surface area contributed by atoms with Crippen LogP contribution in [0.15, 0.2) is 182 Å². The Morgan fingerprint density at radius 3 is 1.80 bits per heavy atom. The Morgan fingerprint density at radius 2 is 1.10 bits per heavy atom. The third-order valence-electron chi connectivity index (χ3n) is 15.9. The molecule has 0 fully saturated rings. The smallest absolute Gasteiger partial charge is 0.264 e. The topological polar surface area (TPSA) is 6.48 Å². The highest BCUT2D eigenvalue weighted by Crippen LogP contribution is 2.64. The van der Waals surface area contributed by atoms with Crippen molar-refractivity contribution in [3.05, 3.63) is 232 Å². The average molecular weight is 903 g/mol. The number of para-hydroxylation sites is 1. The molecule has 0 unspecified atom stereocenters. The third-order valence-corrected chi connectivity index (χ3v) is 17.2. The number of hydrogen-bond acceptors (Lipinski definition) is 3. The summed E-state index contributed by atoms with van der Waals surface area (Å²) in [4.78, 5) is 5.19. The van der Waals surface area contributed by atoms with Gasteiger partial charge in [-0.15, -0.1) is 11.3 Å². The summed E-state index contributed by atoms with van der Waals surface area (Å²) in [5.74, 6) is 0. The van der Waals surface area contributed by atoms with Crippen molar-refractivity contribution in [2.24, 2.45) is 0 Å². The maximum atomic E-state index is 2.63. The van der Waals surface area contributed by atoms with Gasteiger partial charge in [0.05, 0.1) is 11.1 Å². The molecule has 10 aromatic rings. The van der Waals surface area contributed by atoms with E-state index < -0.39 is 5.41 Å². The van der Waals surface area contributed by atoms with Gasteiger partial charge in [-0.05, 0) is 177 Å². The van der Waals surface area contributed by atoms with Gasteiger partial charge in [0.2, 0.25) is 0 Å². The van der Waals surface area contributed by atoms with E-state index in [2.05, 4.69) is 240 Å². The molecule has 0 saturated heterocycles. The van der Waals surface area contributed by atoms with Crippen LogP contribution in [0, 0.1) is 27.7 Å². The molecule has 330 valence electrons. The molecule has 0 N–H and O–H groups in total. The van der Waals surface area contributed by atoms with Gasteiger partial charge in [-0.25, -0.2) is 0 Å². The lowest BCUT2D eigenvalue weighted by Crippen LogP contribution is -2.60. The van der Waals surface area contributed by atoms with Crippen molar-refractivity contribution in [2.45, 2.75) is 59.3 Å². The van der Waals surface area contributed by atoms with E-state index >= 15 is 0 Å². The zero-order valence-electron chi connectivity index (χ0n) is 40.2. The minimum absolute atomic E-state index is 0.0155. The molecule has 4 aliphatic rings. The van der Waals surface area contributed by atoms with Crippen LogP contribution in [-0.2, 0) is 10.8 Å². The second-order valence-electron chi connectivity index (χ2n) is 21.1. The molecule has 2 nitrogen and oxygen atoms in total. The van der Waals surface area contributed by atoms with Crippen LogP contribution in [0.2, 0.25) is 0 Å². The molecule has 1 aromatic heterocycles. The van der Waals surface area contributed by atoms with Crippen LogP contribution in [0.3, 0.4) is 0 Å². The van der Waals surface area contributed by atoms with Crippen LogP contribution in [0.1, 0.15) is 70.8 Å². The number of fused-ring (bicyclic) bond motifs is 16. The summed E-state index contributed by atoms with van der Waals surface area (Å²) in [5, 5.41) is 1.31. The Morgan fingerprint density at radius 1 is 0.478 bits per heavy atom. The lowest BCUT2D eigenvalue weighted by atomic mass is 9.36. The maximum Gasteiger partial charge on any atom is 0.264 e. The van der Waals surface area contributed by atoms with Gasteiger partial charge in [-0.2, -0.15) is 0 Å². The van der Waals surface area contributed by atoms with Crippen molar-refractivity contribution in [3.63, 3.8) is 0 Å². The molecule has 1 spiro atoms. The summed E-state index contributed by atoms with van der Waals surface area (Å²) in [7, 11) is 0. The molecular weight excluding hydrogens is 852 g/mol. The number of thiophene rings is 1. The van der Waals surface area contributed by atoms with Crippen LogP contribution < -0.4 is 25.5 Å². The van der Waals surface area contributed by atoms with Crippen molar-refractivity contribution >= 4 is 78.0 Å². The molecule has 69 heavy (non-hydrogen) atoms. The minimum atomic E-state index is -0.421. The molecule has 2 aliphatic carbocycles. The Hall–Kier alpha value is -7.40. The first-order valence-electron chi connectivity index (χ1n) is 24.5. The van der Waals surface area contributed by atoms with Crippen LogP contribution in [-0.4, -0.2) is 6.71 Å². The molecule has 2 aliphatic heterocycles. The predicted octanol–water partition coefficient (Wildman–Crippen LogP) is 15.5. The van der Waals surface area contributed by atoms with Gasteiger partial charge in [0, 0.05) is 43.3 Å². The Kier molecular flexibility index (Phi) is 8.44. The van der Waals surface area contributed by atoms with Gasteiger partial charge in [-0.1, -0.05) is 154 Å². The van der Waals surface area contributed by atoms with E-state index in [0.717, 1.165) is 0 Å². The zero-order chi connectivity index (χ0) is 46.7. The van der Waals surface area contributed by atoms with Crippen LogP contribution in [0.4, 0.5) is 34.1 Å². The van der Waals surface area contributed by atoms with E-state index in [0.29, 0.717) is 0 Å². The van der Waals surface area contributed by atoms with Gasteiger partial charge >= 0.3 is 0 Å². The summed E-state index contributed by atoms with van der Waals surface area (Å²) in [6.45, 7) is 16.0. The van der Waals surface area contributed by atoms with Crippen molar-refractivity contribution in [3.8, 4) is 33.4 Å². The number of rotatable bonds is 3. The number of hydrogen-bond donors (Lipinski definition) is 0. The maximum absolute atomic E-state index is 2.63. The molecule has 0 radical (unpaired) electrons. The average Bonchev–Trinajstić information content (AvgIpc) is 3.96. The van der Waals surface area contributed by atoms with Crippen LogP contribution >= 0.6 is 11.3 Å². The molecule has 3 heterocycles. The summed E-state index contributed by atoms with van der Waals surface area (Å²) >= 11 is 2.01. The van der Waals surface area contributed by atoms with Crippen molar-refractivity contribution in [2.75, 3.05) is 9.80 Å². The fourth-order valence-corrected chi connectivity index (χ4v) is 14.4. The largest absolute Gasteiger partial charge is 0.311 e. The van der Waals surface area contributed by atoms with Gasteiger partial charge in [0.25, 0.3) is 6.71 Å². The van der Waals surface area contributed by atoms with E-state index in [9.17, 15) is 0 Å². The molecule has 14 rings (SSSR count). The molecule has 4 heteroatoms. The van der Waals surface area contributed by atoms with E-state index in [1.54, 1.807) is 0 Å². The fraction of sp³-hybridized carbons (Fsp3) is 0.138. The summed E-state index contributed by atoms with van der Waals surface area (Å²) in [6, 6.07) is 70.2. The van der Waals surface area contributed by atoms with Crippen LogP contribution in [0.5, 0.6) is 0 Å². The minimum Gasteiger partial charge on any atom is -0.311 e. The SMILES string of the molecule is Cc1cc2c3c(c1)N(c1ccc(C(C)(C)C)cc1)c1c(sc4cc5c(cc14)-c1ccc(C)cc1C51c4ccccc4-c4ccccc41)B3c1ccc(-c3c(C)cccc3C)cc1N2c1ccccc1. The Bertz CT molecular complexity index is 3770. The predicted molar refractivity (Wildman–Crippen MR) is 295 cm³/mol. The monoisotopic (exact) mass is 902 g/mol. The van der Waals surface area contributed by atoms with Crippen molar-refractivity contribution in [1.29, 1.82) is 0 Å². The molecule has 9 aromatic carbocycles. The first-order valence-corrected chi connectivity index (χ1v) is 25.3. The Labute approximate surface area is 410 Å². The number of anilines is 6. The zero-order valence-corrected chi connectivity index (χ0v) is 41.0. The van der Waals surface area contributed by atoms with Gasteiger partial charge < -0.3 is 9.80 Å². The molecule has 0 atom stereocenters. The van der Waals surface area contributed by atoms with Crippen LogP contribution in [0.25, 0.3) is 43.5 Å². The standard InChI is InChI=1S/C65H51BN2S/c1-38-24-30-48-49-36-50-59(37-54(49)65(53(48)32-38)51-22-13-11-20-46(51)47-21-12-14-23-52(47)65)69-63-62(50)68(45-28-26-43(27-29-45)64(5,6)7)58-34-39(2)33-57-61(58)66(63)55-31-25-42(60-40(3)16-15-17-41(60)4)35-56(55)67(57)44-18-9-8-10-19-44/h8-37H,1-7H3. The second kappa shape index (κ2) is 14.3. The molecule has 0 bridgehead atoms. The first kappa shape index (κ1) is 40.7. The molecular formula is C65H51BN2S. The number of aryl methyl sites for hydroxylation is 4. The number of benzene rings is 9. The lowest BCUT2D eigenvalue weighted by molar-refractivity contribution is 0.590. The lowest BCUT2D eigenvalue weighted by Gasteiger charge is -2.43. The summed E-state index contributed by atoms with van der Waals surface area (Å²) in [6.07, 6.45) is 0. The van der Waals surface area contributed by atoms with Gasteiger partial charge in [0.15, 0.2) is 0 Å². The fourth-order valence-electron chi connectivity index (χ4n) is 13.0. The highest BCUT2D eigenvalue weighted by Gasteiger charge is 2.53. The third kappa shape index (κ3) is 5.50. The first-order chi connectivity index (χ1) is 33.5. The quantitative estimate of drug-likeness (QED) is 0.163. The van der Waals surface area contributed by atoms with Crippen molar-refractivity contribution < 1.29 is 0 Å². The molecule has 0 saturated carbocycles. The van der Waals surface area contributed by atoms with Crippen molar-refractivity contribution in [1.82, 2.24) is 0 Å². The number of nitrogens with zero attached hydrogens (tertiary/aromatic N) is 2. The van der Waals surface area contributed by atoms with E-state index in [4.69, 9.17) is 0 Å². The summed E-state index contributed by atoms with van der Waals surface area (Å²) in [5.41, 5.74) is 29.6. The van der Waals surface area contributed by atoms with E-state index in [1.165, 1.54) is 143 Å². The molecule has 0 amide bonds. The van der Waals surface area contributed by atoms with Gasteiger partial charge in [-0.3, -0.25) is 0 Å². The second-order valence-corrected chi connectivity index (χ2v) is 22.2. The highest BCUT2D eigenvalue weighted by atomic mass is 32.1. The normalized spacial score (nSPS) is 14.3. The van der Waals surface area contributed by atoms with E-state index in [-0.39, 0.29) is 12.1 Å². The van der Waals surface area contributed by atoms with Gasteiger partial charge in [0.1, 0.15) is 0 Å². The Balaban J connectivity index is 1.10.